The number of aromatic nitrogens is 2. The first-order chi connectivity index (χ1) is 17.6. The summed E-state index contributed by atoms with van der Waals surface area (Å²) < 4.78 is 44.0. The molecule has 0 bridgehead atoms. The third-order valence-electron chi connectivity index (χ3n) is 6.04. The Hall–Kier alpha value is -3.86. The number of rotatable bonds is 7. The Morgan fingerprint density at radius 2 is 1.78 bits per heavy atom. The van der Waals surface area contributed by atoms with Crippen LogP contribution in [0.2, 0.25) is 5.02 Å². The number of carbonyl (C=O) groups excluding carboxylic acids is 2. The normalized spacial score (nSPS) is 17.6. The van der Waals surface area contributed by atoms with E-state index >= 15 is 0 Å². The van der Waals surface area contributed by atoms with Crippen molar-refractivity contribution in [3.8, 4) is 5.75 Å². The molecule has 2 aromatic carbocycles. The van der Waals surface area contributed by atoms with Crippen molar-refractivity contribution in [3.05, 3.63) is 87.3 Å². The summed E-state index contributed by atoms with van der Waals surface area (Å²) in [7, 11) is 1.51. The van der Waals surface area contributed by atoms with Crippen molar-refractivity contribution < 1.29 is 27.5 Å². The molecule has 2 heterocycles. The molecule has 1 aromatic heterocycles. The summed E-state index contributed by atoms with van der Waals surface area (Å²) in [5, 5.41) is 6.90. The van der Waals surface area contributed by atoms with E-state index in [4.69, 9.17) is 16.3 Å². The minimum absolute atomic E-state index is 0.00918. The van der Waals surface area contributed by atoms with E-state index in [2.05, 4.69) is 10.4 Å². The monoisotopic (exact) mass is 534 g/mol. The predicted octanol–water partition coefficient (Wildman–Crippen LogP) is 3.79. The van der Waals surface area contributed by atoms with E-state index in [9.17, 15) is 27.6 Å². The van der Waals surface area contributed by atoms with Crippen LogP contribution >= 0.6 is 11.6 Å². The van der Waals surface area contributed by atoms with Gasteiger partial charge in [0, 0.05) is 29.2 Å². The van der Waals surface area contributed by atoms with Gasteiger partial charge in [-0.2, -0.15) is 18.3 Å². The van der Waals surface area contributed by atoms with Crippen LogP contribution in [0.25, 0.3) is 0 Å². The maximum atomic E-state index is 13.5. The zero-order valence-corrected chi connectivity index (χ0v) is 20.3. The van der Waals surface area contributed by atoms with Gasteiger partial charge in [-0.1, -0.05) is 23.7 Å². The van der Waals surface area contributed by atoms with E-state index in [1.54, 1.807) is 36.4 Å². The SMILES string of the molecule is COc1ccc([C@@H]2CN(c3ccnn(CCC(F)(F)F)c3=O)C(=O)[C@H]2NC(=O)c2ccc(Cl)cc2)cc1. The molecule has 0 saturated carbocycles. The second-order valence-corrected chi connectivity index (χ2v) is 8.83. The van der Waals surface area contributed by atoms with E-state index in [0.717, 1.165) is 0 Å². The van der Waals surface area contributed by atoms with Gasteiger partial charge < -0.3 is 15.0 Å². The van der Waals surface area contributed by atoms with Gasteiger partial charge in [0.1, 0.15) is 17.5 Å². The Balaban J connectivity index is 1.67. The standard InChI is InChI=1S/C25H22ClF3N4O4/c1-37-18-8-4-15(5-9-18)19-14-32(20-10-12-30-33(23(20)35)13-11-25(27,28)29)24(36)21(19)31-22(34)16-2-6-17(26)7-3-16/h2-10,12,19,21H,11,13-14H2,1H3,(H,31,34)/t19-,21-/m0/s1. The smallest absolute Gasteiger partial charge is 0.390 e. The lowest BCUT2D eigenvalue weighted by atomic mass is 9.93. The molecule has 194 valence electrons. The number of hydrogen-bond donors (Lipinski definition) is 1. The summed E-state index contributed by atoms with van der Waals surface area (Å²) in [6.07, 6.45) is -4.55. The van der Waals surface area contributed by atoms with Crippen LogP contribution in [-0.2, 0) is 11.3 Å². The fraction of sp³-hybridized carbons (Fsp3) is 0.280. The maximum Gasteiger partial charge on any atom is 0.390 e. The number of amides is 2. The van der Waals surface area contributed by atoms with Crippen LogP contribution in [-0.4, -0.2) is 47.5 Å². The summed E-state index contributed by atoms with van der Waals surface area (Å²) in [5.41, 5.74) is 0.0224. The first-order valence-electron chi connectivity index (χ1n) is 11.2. The highest BCUT2D eigenvalue weighted by Crippen LogP contribution is 2.32. The third-order valence-corrected chi connectivity index (χ3v) is 6.29. The van der Waals surface area contributed by atoms with Gasteiger partial charge in [0.2, 0.25) is 5.91 Å². The van der Waals surface area contributed by atoms with Crippen LogP contribution in [0.4, 0.5) is 18.9 Å². The molecule has 0 unspecified atom stereocenters. The zero-order valence-electron chi connectivity index (χ0n) is 19.5. The van der Waals surface area contributed by atoms with Gasteiger partial charge in [0.05, 0.1) is 20.1 Å². The second-order valence-electron chi connectivity index (χ2n) is 8.40. The zero-order chi connectivity index (χ0) is 26.7. The number of nitrogens with one attached hydrogen (secondary N) is 1. The van der Waals surface area contributed by atoms with Crippen molar-refractivity contribution in [2.45, 2.75) is 31.1 Å². The number of ether oxygens (including phenoxy) is 1. The van der Waals surface area contributed by atoms with E-state index in [1.165, 1.54) is 36.4 Å². The Labute approximate surface area is 214 Å². The summed E-state index contributed by atoms with van der Waals surface area (Å²) in [5.74, 6) is -1.07. The van der Waals surface area contributed by atoms with Crippen molar-refractivity contribution in [1.82, 2.24) is 15.1 Å². The molecular formula is C25H22ClF3N4O4. The fourth-order valence-electron chi connectivity index (χ4n) is 4.12. The molecule has 1 saturated heterocycles. The summed E-state index contributed by atoms with van der Waals surface area (Å²) in [6.45, 7) is -0.675. The predicted molar refractivity (Wildman–Crippen MR) is 130 cm³/mol. The summed E-state index contributed by atoms with van der Waals surface area (Å²) >= 11 is 5.90. The van der Waals surface area contributed by atoms with Crippen molar-refractivity contribution in [2.75, 3.05) is 18.6 Å². The highest BCUT2D eigenvalue weighted by Gasteiger charge is 2.44. The Bertz CT molecular complexity index is 1340. The van der Waals surface area contributed by atoms with Crippen molar-refractivity contribution in [3.63, 3.8) is 0 Å². The highest BCUT2D eigenvalue weighted by atomic mass is 35.5. The molecule has 1 fully saturated rings. The number of halogens is 4. The van der Waals surface area contributed by atoms with Crippen LogP contribution in [0.1, 0.15) is 28.3 Å². The highest BCUT2D eigenvalue weighted by molar-refractivity contribution is 6.30. The number of hydrogen-bond acceptors (Lipinski definition) is 5. The van der Waals surface area contributed by atoms with E-state index in [0.29, 0.717) is 21.0 Å². The summed E-state index contributed by atoms with van der Waals surface area (Å²) in [4.78, 5) is 40.6. The van der Waals surface area contributed by atoms with Crippen LogP contribution in [0.5, 0.6) is 5.75 Å². The van der Waals surface area contributed by atoms with Gasteiger partial charge >= 0.3 is 6.18 Å². The fourth-order valence-corrected chi connectivity index (χ4v) is 4.25. The summed E-state index contributed by atoms with van der Waals surface area (Å²) in [6, 6.07) is 13.2. The quantitative estimate of drug-likeness (QED) is 0.498. The molecule has 0 radical (unpaired) electrons. The van der Waals surface area contributed by atoms with Gasteiger partial charge in [-0.25, -0.2) is 4.68 Å². The van der Waals surface area contributed by atoms with E-state index in [-0.39, 0.29) is 17.8 Å². The van der Waals surface area contributed by atoms with Crippen molar-refractivity contribution in [1.29, 1.82) is 0 Å². The Morgan fingerprint density at radius 3 is 2.41 bits per heavy atom. The van der Waals surface area contributed by atoms with E-state index in [1.807, 2.05) is 0 Å². The minimum Gasteiger partial charge on any atom is -0.497 e. The molecular weight excluding hydrogens is 513 g/mol. The molecule has 0 aliphatic carbocycles. The molecule has 12 heteroatoms. The molecule has 37 heavy (non-hydrogen) atoms. The maximum absolute atomic E-state index is 13.5. The van der Waals surface area contributed by atoms with Gasteiger partial charge in [0.25, 0.3) is 11.5 Å². The third kappa shape index (κ3) is 5.93. The van der Waals surface area contributed by atoms with Gasteiger partial charge in [0.15, 0.2) is 0 Å². The number of methoxy groups -OCH3 is 1. The molecule has 1 aliphatic rings. The molecule has 1 N–H and O–H groups in total. The lowest BCUT2D eigenvalue weighted by Crippen LogP contribution is -2.44. The number of alkyl halides is 3. The topological polar surface area (TPSA) is 93.5 Å². The van der Waals surface area contributed by atoms with Crippen LogP contribution in [0.3, 0.4) is 0 Å². The number of aryl methyl sites for hydroxylation is 1. The lowest BCUT2D eigenvalue weighted by molar-refractivity contribution is -0.137. The molecule has 8 nitrogen and oxygen atoms in total. The van der Waals surface area contributed by atoms with Gasteiger partial charge in [-0.3, -0.25) is 14.4 Å². The molecule has 3 aromatic rings. The number of nitrogens with zero attached hydrogens (tertiary/aromatic N) is 3. The van der Waals surface area contributed by atoms with Crippen LogP contribution in [0, 0.1) is 0 Å². The molecule has 2 atom stereocenters. The van der Waals surface area contributed by atoms with E-state index < -0.39 is 48.5 Å². The Kier molecular flexibility index (Phi) is 7.53. The molecule has 2 amide bonds. The van der Waals surface area contributed by atoms with Crippen molar-refractivity contribution >= 4 is 29.1 Å². The van der Waals surface area contributed by atoms with Crippen LogP contribution < -0.4 is 20.5 Å². The van der Waals surface area contributed by atoms with Gasteiger partial charge in [-0.15, -0.1) is 0 Å². The molecule has 4 rings (SSSR count). The number of anilines is 1. The average Bonchev–Trinajstić information content (AvgIpc) is 3.19. The number of benzene rings is 2. The molecule has 1 aliphatic heterocycles. The minimum atomic E-state index is -4.48. The number of carbonyl (C=O) groups is 2. The van der Waals surface area contributed by atoms with Crippen LogP contribution in [0.15, 0.2) is 65.6 Å². The second kappa shape index (κ2) is 10.6. The van der Waals surface area contributed by atoms with Gasteiger partial charge in [-0.05, 0) is 48.0 Å². The van der Waals surface area contributed by atoms with Crippen molar-refractivity contribution in [2.24, 2.45) is 0 Å². The molecule has 0 spiro atoms. The lowest BCUT2D eigenvalue weighted by Gasteiger charge is -2.19. The largest absolute Gasteiger partial charge is 0.497 e. The first-order valence-corrected chi connectivity index (χ1v) is 11.6. The Morgan fingerprint density at radius 1 is 1.11 bits per heavy atom. The first kappa shape index (κ1) is 26.2. The average molecular weight is 535 g/mol.